The summed E-state index contributed by atoms with van der Waals surface area (Å²) >= 11 is 0. The Morgan fingerprint density at radius 3 is 2.60 bits per heavy atom. The van der Waals surface area contributed by atoms with Crippen molar-refractivity contribution >= 4 is 11.6 Å². The standard InChI is InChI=1S/C20H24N2O3/c1-24-17-11-10-13(12-18(17)25-14-6-2-3-7-14)19-15-8-4-5-9-16(15)20(23)22-21-19/h4-5,10-12,14-16H,2-3,6-9H2,1H3,(H,22,23)/t15-,16+/m0/s1. The maximum atomic E-state index is 12.1. The molecule has 1 fully saturated rings. The van der Waals surface area contributed by atoms with Crippen molar-refractivity contribution in [1.29, 1.82) is 0 Å². The molecule has 0 radical (unpaired) electrons. The summed E-state index contributed by atoms with van der Waals surface area (Å²) in [6, 6.07) is 5.96. The SMILES string of the molecule is COc1ccc(C2=NNC(=O)[C@@H]3CC=CC[C@H]23)cc1OC1CCCC1. The van der Waals surface area contributed by atoms with Crippen LogP contribution in [-0.2, 0) is 4.79 Å². The molecule has 4 rings (SSSR count). The van der Waals surface area contributed by atoms with Crippen molar-refractivity contribution < 1.29 is 14.3 Å². The first-order valence-corrected chi connectivity index (χ1v) is 9.14. The van der Waals surface area contributed by atoms with Crippen LogP contribution in [0.15, 0.2) is 35.5 Å². The van der Waals surface area contributed by atoms with E-state index in [0.717, 1.165) is 48.5 Å². The monoisotopic (exact) mass is 340 g/mol. The molecule has 1 aromatic carbocycles. The molecule has 0 bridgehead atoms. The largest absolute Gasteiger partial charge is 0.493 e. The molecule has 1 aliphatic heterocycles. The van der Waals surface area contributed by atoms with E-state index in [4.69, 9.17) is 9.47 Å². The predicted molar refractivity (Wildman–Crippen MR) is 95.9 cm³/mol. The zero-order valence-electron chi connectivity index (χ0n) is 14.5. The molecule has 1 N–H and O–H groups in total. The van der Waals surface area contributed by atoms with Gasteiger partial charge in [0.15, 0.2) is 11.5 Å². The molecule has 0 saturated heterocycles. The lowest BCUT2D eigenvalue weighted by atomic mass is 9.76. The molecule has 3 aliphatic rings. The number of ether oxygens (including phenoxy) is 2. The van der Waals surface area contributed by atoms with E-state index in [-0.39, 0.29) is 23.8 Å². The quantitative estimate of drug-likeness (QED) is 0.854. The highest BCUT2D eigenvalue weighted by molar-refractivity contribution is 6.07. The lowest BCUT2D eigenvalue weighted by Crippen LogP contribution is -2.42. The molecule has 132 valence electrons. The van der Waals surface area contributed by atoms with Crippen LogP contribution in [0.2, 0.25) is 0 Å². The highest BCUT2D eigenvalue weighted by atomic mass is 16.5. The fraction of sp³-hybridized carbons (Fsp3) is 0.500. The van der Waals surface area contributed by atoms with Gasteiger partial charge in [-0.2, -0.15) is 5.10 Å². The van der Waals surface area contributed by atoms with E-state index in [1.807, 2.05) is 18.2 Å². The molecule has 1 aromatic rings. The summed E-state index contributed by atoms with van der Waals surface area (Å²) in [5.74, 6) is 1.64. The first kappa shape index (κ1) is 16.2. The molecule has 2 aliphatic carbocycles. The third kappa shape index (κ3) is 3.15. The van der Waals surface area contributed by atoms with E-state index < -0.39 is 0 Å². The Labute approximate surface area is 148 Å². The summed E-state index contributed by atoms with van der Waals surface area (Å²) in [6.07, 6.45) is 10.8. The maximum absolute atomic E-state index is 12.1. The Morgan fingerprint density at radius 1 is 1.08 bits per heavy atom. The van der Waals surface area contributed by atoms with Gasteiger partial charge in [0.05, 0.1) is 24.8 Å². The zero-order valence-corrected chi connectivity index (χ0v) is 14.5. The number of hydrogen-bond acceptors (Lipinski definition) is 4. The molecular weight excluding hydrogens is 316 g/mol. The molecule has 5 heteroatoms. The molecule has 0 spiro atoms. The van der Waals surface area contributed by atoms with Gasteiger partial charge in [-0.1, -0.05) is 12.2 Å². The summed E-state index contributed by atoms with van der Waals surface area (Å²) in [5, 5.41) is 4.38. The normalized spacial score (nSPS) is 26.0. The number of carbonyl (C=O) groups is 1. The second-order valence-electron chi connectivity index (χ2n) is 7.02. The molecule has 5 nitrogen and oxygen atoms in total. The Kier molecular flexibility index (Phi) is 4.47. The van der Waals surface area contributed by atoms with Crippen LogP contribution < -0.4 is 14.9 Å². The van der Waals surface area contributed by atoms with Crippen molar-refractivity contribution in [3.63, 3.8) is 0 Å². The highest BCUT2D eigenvalue weighted by Gasteiger charge is 2.36. The molecule has 1 amide bonds. The van der Waals surface area contributed by atoms with E-state index >= 15 is 0 Å². The fourth-order valence-electron chi connectivity index (χ4n) is 4.08. The summed E-state index contributed by atoms with van der Waals surface area (Å²) in [6.45, 7) is 0. The number of hydrazone groups is 1. The predicted octanol–water partition coefficient (Wildman–Crippen LogP) is 3.43. The van der Waals surface area contributed by atoms with E-state index in [1.165, 1.54) is 12.8 Å². The van der Waals surface area contributed by atoms with Gasteiger partial charge in [0.25, 0.3) is 0 Å². The fourth-order valence-corrected chi connectivity index (χ4v) is 4.08. The number of carbonyl (C=O) groups excluding carboxylic acids is 1. The summed E-state index contributed by atoms with van der Waals surface area (Å²) in [5.41, 5.74) is 4.63. The number of nitrogens with zero attached hydrogens (tertiary/aromatic N) is 1. The smallest absolute Gasteiger partial charge is 0.244 e. The van der Waals surface area contributed by atoms with Gasteiger partial charge < -0.3 is 9.47 Å². The number of fused-ring (bicyclic) bond motifs is 1. The molecule has 1 heterocycles. The molecular formula is C20H24N2O3. The van der Waals surface area contributed by atoms with E-state index in [1.54, 1.807) is 7.11 Å². The van der Waals surface area contributed by atoms with Crippen molar-refractivity contribution in [2.45, 2.75) is 44.6 Å². The molecule has 0 unspecified atom stereocenters. The molecule has 1 saturated carbocycles. The van der Waals surface area contributed by atoms with E-state index in [0.29, 0.717) is 0 Å². The summed E-state index contributed by atoms with van der Waals surface area (Å²) in [7, 11) is 1.66. The summed E-state index contributed by atoms with van der Waals surface area (Å²) in [4.78, 5) is 12.1. The number of methoxy groups -OCH3 is 1. The van der Waals surface area contributed by atoms with Crippen molar-refractivity contribution in [1.82, 2.24) is 5.43 Å². The molecule has 2 atom stereocenters. The third-order valence-corrected chi connectivity index (χ3v) is 5.46. The van der Waals surface area contributed by atoms with Gasteiger partial charge in [0, 0.05) is 11.5 Å². The third-order valence-electron chi connectivity index (χ3n) is 5.46. The average Bonchev–Trinajstić information content (AvgIpc) is 3.15. The minimum Gasteiger partial charge on any atom is -0.493 e. The van der Waals surface area contributed by atoms with Gasteiger partial charge in [0.2, 0.25) is 5.91 Å². The molecule has 0 aromatic heterocycles. The summed E-state index contributed by atoms with van der Waals surface area (Å²) < 4.78 is 11.7. The van der Waals surface area contributed by atoms with E-state index in [9.17, 15) is 4.79 Å². The first-order valence-electron chi connectivity index (χ1n) is 9.14. The van der Waals surface area contributed by atoms with Crippen molar-refractivity contribution in [2.75, 3.05) is 7.11 Å². The second-order valence-corrected chi connectivity index (χ2v) is 7.02. The van der Waals surface area contributed by atoms with Gasteiger partial charge >= 0.3 is 0 Å². The lowest BCUT2D eigenvalue weighted by Gasteiger charge is -2.32. The lowest BCUT2D eigenvalue weighted by molar-refractivity contribution is -0.126. The number of benzene rings is 1. The van der Waals surface area contributed by atoms with Gasteiger partial charge in [0.1, 0.15) is 0 Å². The Hall–Kier alpha value is -2.30. The number of allylic oxidation sites excluding steroid dienone is 2. The van der Waals surface area contributed by atoms with Crippen LogP contribution in [0.3, 0.4) is 0 Å². The van der Waals surface area contributed by atoms with E-state index in [2.05, 4.69) is 22.7 Å². The number of hydrogen-bond donors (Lipinski definition) is 1. The minimum absolute atomic E-state index is 0.0223. The highest BCUT2D eigenvalue weighted by Crippen LogP contribution is 2.36. The number of rotatable bonds is 4. The van der Waals surface area contributed by atoms with Gasteiger partial charge in [-0.05, 0) is 56.7 Å². The maximum Gasteiger partial charge on any atom is 0.244 e. The van der Waals surface area contributed by atoms with Crippen LogP contribution in [0.4, 0.5) is 0 Å². The van der Waals surface area contributed by atoms with Gasteiger partial charge in [-0.25, -0.2) is 5.43 Å². The van der Waals surface area contributed by atoms with Crippen LogP contribution >= 0.6 is 0 Å². The van der Waals surface area contributed by atoms with Crippen molar-refractivity contribution in [3.05, 3.63) is 35.9 Å². The Bertz CT molecular complexity index is 720. The average molecular weight is 340 g/mol. The van der Waals surface area contributed by atoms with Crippen LogP contribution in [0, 0.1) is 11.8 Å². The Morgan fingerprint density at radius 2 is 1.84 bits per heavy atom. The topological polar surface area (TPSA) is 59.9 Å². The van der Waals surface area contributed by atoms with Crippen LogP contribution in [0.1, 0.15) is 44.1 Å². The van der Waals surface area contributed by atoms with Crippen molar-refractivity contribution in [2.24, 2.45) is 16.9 Å². The van der Waals surface area contributed by atoms with Gasteiger partial charge in [-0.15, -0.1) is 0 Å². The zero-order chi connectivity index (χ0) is 17.2. The number of nitrogens with one attached hydrogen (secondary N) is 1. The second kappa shape index (κ2) is 6.90. The van der Waals surface area contributed by atoms with Crippen LogP contribution in [-0.4, -0.2) is 24.8 Å². The van der Waals surface area contributed by atoms with Gasteiger partial charge in [-0.3, -0.25) is 4.79 Å². The molecule has 25 heavy (non-hydrogen) atoms. The van der Waals surface area contributed by atoms with Crippen LogP contribution in [0.5, 0.6) is 11.5 Å². The number of amides is 1. The minimum atomic E-state index is -0.0289. The first-order chi connectivity index (χ1) is 12.3. The van der Waals surface area contributed by atoms with Crippen LogP contribution in [0.25, 0.3) is 0 Å². The van der Waals surface area contributed by atoms with Crippen molar-refractivity contribution in [3.8, 4) is 11.5 Å². The Balaban J connectivity index is 1.65.